The number of rotatable bonds is 7. The predicted molar refractivity (Wildman–Crippen MR) is 123 cm³/mol. The lowest BCUT2D eigenvalue weighted by atomic mass is 9.99. The summed E-state index contributed by atoms with van der Waals surface area (Å²) < 4.78 is 12.6. The molecule has 32 heavy (non-hydrogen) atoms. The molecule has 7 nitrogen and oxygen atoms in total. The van der Waals surface area contributed by atoms with Gasteiger partial charge in [-0.15, -0.1) is 0 Å². The average Bonchev–Trinajstić information content (AvgIpc) is 3.17. The molecule has 0 radical (unpaired) electrons. The number of nitrogens with zero attached hydrogens (tertiary/aromatic N) is 3. The molecule has 3 aromatic carbocycles. The summed E-state index contributed by atoms with van der Waals surface area (Å²) in [7, 11) is 1.36. The van der Waals surface area contributed by atoms with Crippen LogP contribution >= 0.6 is 0 Å². The lowest BCUT2D eigenvalue weighted by Crippen LogP contribution is -2.09. The van der Waals surface area contributed by atoms with E-state index in [1.807, 2.05) is 66.1 Å². The smallest absolute Gasteiger partial charge is 0.340 e. The first kappa shape index (κ1) is 21.1. The van der Waals surface area contributed by atoms with E-state index in [1.54, 1.807) is 12.1 Å². The Morgan fingerprint density at radius 2 is 1.88 bits per heavy atom. The molecule has 0 aliphatic rings. The van der Waals surface area contributed by atoms with Crippen molar-refractivity contribution < 1.29 is 19.5 Å². The monoisotopic (exact) mass is 429 g/mol. The van der Waals surface area contributed by atoms with Gasteiger partial charge in [0.2, 0.25) is 0 Å². The van der Waals surface area contributed by atoms with Gasteiger partial charge in [0.1, 0.15) is 0 Å². The van der Waals surface area contributed by atoms with Crippen molar-refractivity contribution in [3.05, 3.63) is 83.4 Å². The van der Waals surface area contributed by atoms with Crippen LogP contribution in [0.15, 0.2) is 71.9 Å². The third-order valence-corrected chi connectivity index (χ3v) is 5.17. The second-order valence-corrected chi connectivity index (χ2v) is 7.11. The number of hydrogen-bond donors (Lipinski definition) is 1. The number of oxime groups is 1. The zero-order chi connectivity index (χ0) is 22.5. The Bertz CT molecular complexity index is 1280. The first-order valence-electron chi connectivity index (χ1n) is 10.2. The minimum atomic E-state index is -0.419. The SMILES string of the molecule is CCOc1nc2cccc(C(=O)OC)c2n1Cc1ccc(-c2ccccc2/C=N/O)cc1. The zero-order valence-corrected chi connectivity index (χ0v) is 17.9. The summed E-state index contributed by atoms with van der Waals surface area (Å²) in [5, 5.41) is 12.1. The number of hydrogen-bond acceptors (Lipinski definition) is 6. The van der Waals surface area contributed by atoms with Gasteiger partial charge in [0.25, 0.3) is 6.01 Å². The van der Waals surface area contributed by atoms with Gasteiger partial charge >= 0.3 is 5.97 Å². The maximum Gasteiger partial charge on any atom is 0.340 e. The maximum atomic E-state index is 12.4. The van der Waals surface area contributed by atoms with Crippen LogP contribution in [0.4, 0.5) is 0 Å². The molecule has 7 heteroatoms. The van der Waals surface area contributed by atoms with E-state index in [4.69, 9.17) is 14.7 Å². The molecule has 0 unspecified atom stereocenters. The van der Waals surface area contributed by atoms with Crippen LogP contribution < -0.4 is 4.74 Å². The van der Waals surface area contributed by atoms with Crippen molar-refractivity contribution >= 4 is 23.2 Å². The van der Waals surface area contributed by atoms with Crippen LogP contribution in [0.5, 0.6) is 6.01 Å². The van der Waals surface area contributed by atoms with Crippen LogP contribution in [0.3, 0.4) is 0 Å². The molecule has 0 spiro atoms. The maximum absolute atomic E-state index is 12.4. The number of para-hydroxylation sites is 1. The highest BCUT2D eigenvalue weighted by atomic mass is 16.5. The van der Waals surface area contributed by atoms with E-state index in [0.717, 1.165) is 22.3 Å². The van der Waals surface area contributed by atoms with Crippen LogP contribution in [0, 0.1) is 0 Å². The van der Waals surface area contributed by atoms with Crippen molar-refractivity contribution in [2.45, 2.75) is 13.5 Å². The Labute approximate surface area is 185 Å². The van der Waals surface area contributed by atoms with Gasteiger partial charge in [-0.3, -0.25) is 4.57 Å². The molecular formula is C25H23N3O4. The molecule has 0 amide bonds. The van der Waals surface area contributed by atoms with Crippen LogP contribution in [-0.2, 0) is 11.3 Å². The molecule has 162 valence electrons. The summed E-state index contributed by atoms with van der Waals surface area (Å²) in [4.78, 5) is 16.9. The number of imidazole rings is 1. The first-order valence-corrected chi connectivity index (χ1v) is 10.2. The Hall–Kier alpha value is -4.13. The van der Waals surface area contributed by atoms with E-state index in [-0.39, 0.29) is 0 Å². The number of aromatic nitrogens is 2. The van der Waals surface area contributed by atoms with E-state index < -0.39 is 5.97 Å². The summed E-state index contributed by atoms with van der Waals surface area (Å²) in [6.07, 6.45) is 1.42. The fraction of sp³-hybridized carbons (Fsp3) is 0.160. The number of esters is 1. The lowest BCUT2D eigenvalue weighted by molar-refractivity contribution is 0.0602. The number of carbonyl (C=O) groups is 1. The molecule has 4 aromatic rings. The number of carbonyl (C=O) groups excluding carboxylic acids is 1. The van der Waals surface area contributed by atoms with E-state index >= 15 is 0 Å². The van der Waals surface area contributed by atoms with Gasteiger partial charge in [-0.2, -0.15) is 4.98 Å². The molecule has 0 aliphatic carbocycles. The Morgan fingerprint density at radius 3 is 2.59 bits per heavy atom. The highest BCUT2D eigenvalue weighted by molar-refractivity contribution is 6.02. The third kappa shape index (κ3) is 4.05. The Kier molecular flexibility index (Phi) is 6.17. The van der Waals surface area contributed by atoms with E-state index in [9.17, 15) is 4.79 Å². The van der Waals surface area contributed by atoms with Gasteiger partial charge in [-0.25, -0.2) is 4.79 Å². The van der Waals surface area contributed by atoms with Crippen molar-refractivity contribution in [1.29, 1.82) is 0 Å². The largest absolute Gasteiger partial charge is 0.465 e. The molecule has 0 aliphatic heterocycles. The van der Waals surface area contributed by atoms with E-state index in [2.05, 4.69) is 10.1 Å². The van der Waals surface area contributed by atoms with Crippen LogP contribution in [0.25, 0.3) is 22.2 Å². The van der Waals surface area contributed by atoms with Gasteiger partial charge in [0, 0.05) is 5.56 Å². The summed E-state index contributed by atoms with van der Waals surface area (Å²) >= 11 is 0. The second-order valence-electron chi connectivity index (χ2n) is 7.11. The predicted octanol–water partition coefficient (Wildman–Crippen LogP) is 4.75. The minimum Gasteiger partial charge on any atom is -0.465 e. The molecule has 0 atom stereocenters. The molecule has 0 saturated carbocycles. The average molecular weight is 429 g/mol. The molecule has 1 N–H and O–H groups in total. The molecule has 0 fully saturated rings. The first-order chi connectivity index (χ1) is 15.7. The van der Waals surface area contributed by atoms with E-state index in [0.29, 0.717) is 35.8 Å². The van der Waals surface area contributed by atoms with Crippen LogP contribution in [-0.4, -0.2) is 40.7 Å². The molecular weight excluding hydrogens is 406 g/mol. The lowest BCUT2D eigenvalue weighted by Gasteiger charge is -2.12. The highest BCUT2D eigenvalue weighted by Crippen LogP contribution is 2.28. The minimum absolute atomic E-state index is 0.419. The van der Waals surface area contributed by atoms with Crippen molar-refractivity contribution in [1.82, 2.24) is 9.55 Å². The van der Waals surface area contributed by atoms with Crippen molar-refractivity contribution in [2.24, 2.45) is 5.16 Å². The van der Waals surface area contributed by atoms with Crippen molar-refractivity contribution in [3.8, 4) is 17.1 Å². The summed E-state index contributed by atoms with van der Waals surface area (Å²) in [5.74, 6) is -0.419. The molecule has 4 rings (SSSR count). The molecule has 0 saturated heterocycles. The topological polar surface area (TPSA) is 85.9 Å². The number of benzene rings is 3. The van der Waals surface area contributed by atoms with Crippen LogP contribution in [0.2, 0.25) is 0 Å². The third-order valence-electron chi connectivity index (χ3n) is 5.17. The summed E-state index contributed by atoms with van der Waals surface area (Å²) in [5.41, 5.74) is 5.60. The molecule has 1 aromatic heterocycles. The fourth-order valence-electron chi connectivity index (χ4n) is 3.73. The quantitative estimate of drug-likeness (QED) is 0.198. The summed E-state index contributed by atoms with van der Waals surface area (Å²) in [6, 6.07) is 21.6. The number of ether oxygens (including phenoxy) is 2. The standard InChI is InChI=1S/C25H23N3O4/c1-3-32-25-27-22-10-6-9-21(24(29)31-2)23(22)28(25)16-17-11-13-18(14-12-17)20-8-5-4-7-19(20)15-26-30/h4-15,30H,3,16H2,1-2H3/b26-15+. The summed E-state index contributed by atoms with van der Waals surface area (Å²) in [6.45, 7) is 2.83. The van der Waals surface area contributed by atoms with Gasteiger partial charge in [-0.05, 0) is 35.7 Å². The Morgan fingerprint density at radius 1 is 1.09 bits per heavy atom. The van der Waals surface area contributed by atoms with Gasteiger partial charge in [0.05, 0.1) is 43.1 Å². The zero-order valence-electron chi connectivity index (χ0n) is 17.9. The van der Waals surface area contributed by atoms with Crippen molar-refractivity contribution in [3.63, 3.8) is 0 Å². The number of methoxy groups -OCH3 is 1. The Balaban J connectivity index is 1.74. The normalized spacial score (nSPS) is 11.2. The van der Waals surface area contributed by atoms with Gasteiger partial charge < -0.3 is 14.7 Å². The fourth-order valence-corrected chi connectivity index (χ4v) is 3.73. The second kappa shape index (κ2) is 9.34. The van der Waals surface area contributed by atoms with E-state index in [1.165, 1.54) is 13.3 Å². The van der Waals surface area contributed by atoms with Gasteiger partial charge in [0.15, 0.2) is 0 Å². The number of fused-ring (bicyclic) bond motifs is 1. The van der Waals surface area contributed by atoms with Gasteiger partial charge in [-0.1, -0.05) is 59.8 Å². The molecule has 0 bridgehead atoms. The van der Waals surface area contributed by atoms with Crippen molar-refractivity contribution in [2.75, 3.05) is 13.7 Å². The van der Waals surface area contributed by atoms with Crippen LogP contribution in [0.1, 0.15) is 28.4 Å². The highest BCUT2D eigenvalue weighted by Gasteiger charge is 2.19. The molecule has 1 heterocycles.